The Balaban J connectivity index is 1.23. The Morgan fingerprint density at radius 2 is 1.28 bits per heavy atom. The quantitative estimate of drug-likeness (QED) is 0.0238. The Hall–Kier alpha value is -6.16. The smallest absolute Gasteiger partial charge is 0.407 e. The van der Waals surface area contributed by atoms with E-state index in [-0.39, 0.29) is 43.2 Å². The Labute approximate surface area is 384 Å². The van der Waals surface area contributed by atoms with Gasteiger partial charge in [0.1, 0.15) is 42.7 Å². The first-order valence-corrected chi connectivity index (χ1v) is 23.1. The van der Waals surface area contributed by atoms with Crippen molar-refractivity contribution in [2.45, 2.75) is 104 Å². The number of carbonyl (C=O) groups excluding carboxylic acids is 4. The minimum Gasteiger partial charge on any atom is -0.490 e. The summed E-state index contributed by atoms with van der Waals surface area (Å²) in [5.74, 6) is -0.892. The number of ether oxygens (including phenoxy) is 5. The molecule has 4 aromatic rings. The molecule has 2 aliphatic carbocycles. The number of amides is 1. The summed E-state index contributed by atoms with van der Waals surface area (Å²) in [6.07, 6.45) is 7.82. The zero-order valence-corrected chi connectivity index (χ0v) is 38.9. The Morgan fingerprint density at radius 3 is 1.83 bits per heavy atom. The molecule has 10 heteroatoms. The monoisotopic (exact) mass is 883 g/mol. The maximum atomic E-state index is 13.7. The van der Waals surface area contributed by atoms with Crippen molar-refractivity contribution in [1.29, 1.82) is 0 Å². The van der Waals surface area contributed by atoms with Gasteiger partial charge in [-0.05, 0) is 95.7 Å². The number of fused-ring (bicyclic) bond motifs is 3. The van der Waals surface area contributed by atoms with Crippen molar-refractivity contribution >= 4 is 23.8 Å². The molecule has 0 aromatic heterocycles. The number of carbonyl (C=O) groups is 4. The van der Waals surface area contributed by atoms with Crippen LogP contribution in [0.5, 0.6) is 11.5 Å². The lowest BCUT2D eigenvalue weighted by molar-refractivity contribution is -0.156. The third-order valence-corrected chi connectivity index (χ3v) is 13.7. The number of hydrogen-bond donors (Lipinski definition) is 1. The van der Waals surface area contributed by atoms with Gasteiger partial charge in [0.05, 0.1) is 17.9 Å². The lowest BCUT2D eigenvalue weighted by Gasteiger charge is -2.34. The molecule has 0 radical (unpaired) electrons. The van der Waals surface area contributed by atoms with E-state index in [1.54, 1.807) is 0 Å². The van der Waals surface area contributed by atoms with Crippen LogP contribution in [-0.4, -0.2) is 61.9 Å². The molecule has 0 saturated heterocycles. The molecular formula is C55H65NO9. The molecule has 10 nitrogen and oxygen atoms in total. The predicted molar refractivity (Wildman–Crippen MR) is 253 cm³/mol. The summed E-state index contributed by atoms with van der Waals surface area (Å²) in [7, 11) is 0. The molecule has 344 valence electrons. The number of ketones is 1. The molecule has 0 bridgehead atoms. The molecule has 0 saturated carbocycles. The highest BCUT2D eigenvalue weighted by Gasteiger charge is 2.46. The number of benzene rings is 4. The number of esters is 2. The topological polar surface area (TPSA) is 126 Å². The number of alkyl carbamates (subject to hydrolysis) is 1. The maximum absolute atomic E-state index is 13.7. The van der Waals surface area contributed by atoms with E-state index < -0.39 is 41.4 Å². The van der Waals surface area contributed by atoms with Gasteiger partial charge >= 0.3 is 18.0 Å². The SMILES string of the molecule is C=CC(=O)OCCNC(=O)OC(COC(=O)C1CC=CCC1C(=O)CC(C)(CC)CC)COc1ccc(C2(c3ccc(OC(C)(CC)CC)cc3)c3ccccc3-c3ccccc32)cc1. The summed E-state index contributed by atoms with van der Waals surface area (Å²) in [4.78, 5) is 51.8. The highest BCUT2D eigenvalue weighted by Crippen LogP contribution is 2.56. The maximum Gasteiger partial charge on any atom is 0.407 e. The van der Waals surface area contributed by atoms with Crippen LogP contribution in [0.4, 0.5) is 4.79 Å². The molecule has 6 rings (SSSR count). The number of rotatable bonds is 22. The number of hydrogen-bond acceptors (Lipinski definition) is 9. The summed E-state index contributed by atoms with van der Waals surface area (Å²) < 4.78 is 29.3. The summed E-state index contributed by atoms with van der Waals surface area (Å²) in [5.41, 5.74) is 5.73. The van der Waals surface area contributed by atoms with E-state index in [0.717, 1.165) is 59.8 Å². The highest BCUT2D eigenvalue weighted by molar-refractivity contribution is 5.88. The van der Waals surface area contributed by atoms with Crippen molar-refractivity contribution in [2.24, 2.45) is 17.3 Å². The van der Waals surface area contributed by atoms with E-state index in [0.29, 0.717) is 25.0 Å². The molecule has 0 aliphatic heterocycles. The lowest BCUT2D eigenvalue weighted by Crippen LogP contribution is -2.39. The van der Waals surface area contributed by atoms with Gasteiger partial charge in [-0.15, -0.1) is 0 Å². The van der Waals surface area contributed by atoms with Gasteiger partial charge in [-0.3, -0.25) is 9.59 Å². The fourth-order valence-electron chi connectivity index (χ4n) is 8.90. The normalized spacial score (nSPS) is 16.6. The Bertz CT molecular complexity index is 2260. The third-order valence-electron chi connectivity index (χ3n) is 13.7. The highest BCUT2D eigenvalue weighted by atomic mass is 16.6. The average molecular weight is 884 g/mol. The fourth-order valence-corrected chi connectivity index (χ4v) is 8.90. The summed E-state index contributed by atoms with van der Waals surface area (Å²) in [5, 5.41) is 2.56. The van der Waals surface area contributed by atoms with Crippen LogP contribution in [0.25, 0.3) is 11.1 Å². The first-order chi connectivity index (χ1) is 31.3. The van der Waals surface area contributed by atoms with Crippen molar-refractivity contribution in [2.75, 3.05) is 26.4 Å². The molecule has 4 aromatic carbocycles. The molecule has 65 heavy (non-hydrogen) atoms. The van der Waals surface area contributed by atoms with Crippen molar-refractivity contribution in [3.05, 3.63) is 144 Å². The largest absolute Gasteiger partial charge is 0.490 e. The summed E-state index contributed by atoms with van der Waals surface area (Å²) in [6, 6.07) is 33.4. The molecule has 1 amide bonds. The molecule has 0 heterocycles. The van der Waals surface area contributed by atoms with Crippen LogP contribution in [0.15, 0.2) is 122 Å². The van der Waals surface area contributed by atoms with Crippen LogP contribution in [0.2, 0.25) is 0 Å². The second-order valence-corrected chi connectivity index (χ2v) is 17.7. The summed E-state index contributed by atoms with van der Waals surface area (Å²) in [6.45, 7) is 15.5. The minimum atomic E-state index is -1.02. The van der Waals surface area contributed by atoms with Gasteiger partial charge < -0.3 is 29.0 Å². The van der Waals surface area contributed by atoms with Gasteiger partial charge in [0, 0.05) is 18.4 Å². The fraction of sp³-hybridized carbons (Fsp3) is 0.418. The molecule has 3 unspecified atom stereocenters. The van der Waals surface area contributed by atoms with Crippen LogP contribution in [-0.2, 0) is 34.0 Å². The zero-order chi connectivity index (χ0) is 46.6. The van der Waals surface area contributed by atoms with Crippen LogP contribution >= 0.6 is 0 Å². The second kappa shape index (κ2) is 21.7. The Kier molecular flexibility index (Phi) is 16.1. The average Bonchev–Trinajstić information content (AvgIpc) is 3.64. The van der Waals surface area contributed by atoms with Crippen molar-refractivity contribution < 1.29 is 42.9 Å². The molecule has 2 aliphatic rings. The molecule has 3 atom stereocenters. The molecule has 0 spiro atoms. The van der Waals surface area contributed by atoms with Crippen LogP contribution in [0.3, 0.4) is 0 Å². The van der Waals surface area contributed by atoms with Crippen molar-refractivity contribution in [1.82, 2.24) is 5.32 Å². The van der Waals surface area contributed by atoms with E-state index >= 15 is 0 Å². The van der Waals surface area contributed by atoms with Gasteiger partial charge in [0.2, 0.25) is 0 Å². The van der Waals surface area contributed by atoms with E-state index in [1.165, 1.54) is 11.1 Å². The van der Waals surface area contributed by atoms with Gasteiger partial charge in [-0.25, -0.2) is 9.59 Å². The molecular weight excluding hydrogens is 819 g/mol. The van der Waals surface area contributed by atoms with Crippen molar-refractivity contribution in [3.8, 4) is 22.6 Å². The van der Waals surface area contributed by atoms with E-state index in [2.05, 4.69) is 138 Å². The van der Waals surface area contributed by atoms with E-state index in [4.69, 9.17) is 23.7 Å². The van der Waals surface area contributed by atoms with Crippen LogP contribution < -0.4 is 14.8 Å². The Morgan fingerprint density at radius 1 is 0.723 bits per heavy atom. The predicted octanol–water partition coefficient (Wildman–Crippen LogP) is 11.1. The number of Topliss-reactive ketones (excluding diaryl/α,β-unsaturated/α-hetero) is 1. The van der Waals surface area contributed by atoms with E-state index in [9.17, 15) is 19.2 Å². The first kappa shape index (κ1) is 48.3. The van der Waals surface area contributed by atoms with E-state index in [1.807, 2.05) is 24.3 Å². The van der Waals surface area contributed by atoms with Gasteiger partial charge in [-0.2, -0.15) is 0 Å². The second-order valence-electron chi connectivity index (χ2n) is 17.7. The lowest BCUT2D eigenvalue weighted by atomic mass is 9.68. The zero-order valence-electron chi connectivity index (χ0n) is 38.9. The summed E-state index contributed by atoms with van der Waals surface area (Å²) >= 11 is 0. The third kappa shape index (κ3) is 11.0. The number of allylic oxidation sites excluding steroid dienone is 2. The van der Waals surface area contributed by atoms with Crippen molar-refractivity contribution in [3.63, 3.8) is 0 Å². The van der Waals surface area contributed by atoms with Gasteiger partial charge in [0.15, 0.2) is 6.10 Å². The van der Waals surface area contributed by atoms with Crippen LogP contribution in [0.1, 0.15) is 109 Å². The molecule has 1 N–H and O–H groups in total. The van der Waals surface area contributed by atoms with Crippen LogP contribution in [0, 0.1) is 17.3 Å². The van der Waals surface area contributed by atoms with Gasteiger partial charge in [0.25, 0.3) is 0 Å². The first-order valence-electron chi connectivity index (χ1n) is 23.1. The standard InChI is InChI=1S/C55H65NO9/c1-8-50(58)61-34-33-56-52(60)64-42(37-63-51(59)46-22-14-13-21-45(46)49(57)35-53(6,9-2)10-3)36-62-40-29-25-38(26-30-40)55(39-27-31-41(32-28-39)65-54(7,11-4)12-5)47-23-17-15-19-43(47)44-20-16-18-24-48(44)55/h8,13-20,23-32,42,45-46H,1,9-12,21-22,33-37H2,2-7H3,(H,56,60). The number of nitrogens with one attached hydrogen (secondary N) is 1. The van der Waals surface area contributed by atoms with Gasteiger partial charge in [-0.1, -0.05) is 139 Å². The minimum absolute atomic E-state index is 0.0134. The molecule has 0 fully saturated rings.